The molecular formula is C21H32N4O3. The topological polar surface area (TPSA) is 84.9 Å². The molecule has 1 saturated carbocycles. The summed E-state index contributed by atoms with van der Waals surface area (Å²) in [6, 6.07) is 10.8. The van der Waals surface area contributed by atoms with Gasteiger partial charge in [0.2, 0.25) is 0 Å². The first-order chi connectivity index (χ1) is 13.4. The predicted molar refractivity (Wildman–Crippen MR) is 108 cm³/mol. The van der Waals surface area contributed by atoms with Gasteiger partial charge < -0.3 is 15.7 Å². The minimum absolute atomic E-state index is 0.0664. The zero-order valence-corrected chi connectivity index (χ0v) is 16.8. The van der Waals surface area contributed by atoms with Crippen LogP contribution in [0.5, 0.6) is 0 Å². The fraction of sp³-hybridized carbons (Fsp3) is 0.619. The molecule has 3 N–H and O–H groups in total. The molecule has 7 heteroatoms. The van der Waals surface area contributed by atoms with Crippen molar-refractivity contribution in [2.45, 2.75) is 51.4 Å². The van der Waals surface area contributed by atoms with Gasteiger partial charge in [0.1, 0.15) is 0 Å². The largest absolute Gasteiger partial charge is 0.480 e. The maximum Gasteiger partial charge on any atom is 0.317 e. The van der Waals surface area contributed by atoms with Crippen molar-refractivity contribution >= 4 is 12.0 Å². The first-order valence-corrected chi connectivity index (χ1v) is 10.2. The Hall–Kier alpha value is -2.12. The molecule has 154 valence electrons. The van der Waals surface area contributed by atoms with E-state index in [0.717, 1.165) is 32.5 Å². The van der Waals surface area contributed by atoms with Gasteiger partial charge in [-0.2, -0.15) is 0 Å². The monoisotopic (exact) mass is 388 g/mol. The van der Waals surface area contributed by atoms with Crippen molar-refractivity contribution in [3.8, 4) is 0 Å². The molecule has 1 aliphatic heterocycles. The molecule has 1 saturated heterocycles. The molecule has 2 unspecified atom stereocenters. The van der Waals surface area contributed by atoms with Gasteiger partial charge in [0.05, 0.1) is 6.54 Å². The Morgan fingerprint density at radius 1 is 1.18 bits per heavy atom. The Morgan fingerprint density at radius 3 is 2.54 bits per heavy atom. The number of carboxylic acid groups (broad SMARTS) is 1. The number of likely N-dealkylation sites (N-methyl/N-ethyl adjacent to an activating group) is 1. The third-order valence-corrected chi connectivity index (χ3v) is 5.96. The van der Waals surface area contributed by atoms with Crippen molar-refractivity contribution < 1.29 is 14.7 Å². The predicted octanol–water partition coefficient (Wildman–Crippen LogP) is 1.74. The number of benzene rings is 1. The summed E-state index contributed by atoms with van der Waals surface area (Å²) in [4.78, 5) is 27.6. The highest BCUT2D eigenvalue weighted by molar-refractivity contribution is 5.75. The van der Waals surface area contributed by atoms with Gasteiger partial charge in [-0.1, -0.05) is 44.2 Å². The van der Waals surface area contributed by atoms with Crippen molar-refractivity contribution in [3.63, 3.8) is 0 Å². The molecule has 1 aromatic carbocycles. The van der Waals surface area contributed by atoms with E-state index in [0.29, 0.717) is 12.5 Å². The number of aliphatic carboxylic acids is 1. The standard InChI is InChI=1S/C21H32N4O3/c1-3-25(14-20(26)27)18-9-17(10-18)22-21(28)23-19-13-24(11-15(19)2)12-16-7-5-4-6-8-16/h4-8,15,17-19H,3,9-14H2,1-2H3,(H,26,27)(H2,22,23,28). The third kappa shape index (κ3) is 5.45. The van der Waals surface area contributed by atoms with E-state index in [9.17, 15) is 9.59 Å². The van der Waals surface area contributed by atoms with E-state index in [4.69, 9.17) is 5.11 Å². The number of amides is 2. The lowest BCUT2D eigenvalue weighted by Gasteiger charge is -2.42. The molecule has 2 atom stereocenters. The van der Waals surface area contributed by atoms with E-state index in [1.54, 1.807) is 0 Å². The number of hydrogen-bond donors (Lipinski definition) is 3. The number of nitrogens with zero attached hydrogens (tertiary/aromatic N) is 2. The van der Waals surface area contributed by atoms with Gasteiger partial charge in [-0.25, -0.2) is 4.79 Å². The van der Waals surface area contributed by atoms with Crippen LogP contribution in [-0.4, -0.2) is 71.2 Å². The van der Waals surface area contributed by atoms with E-state index in [-0.39, 0.29) is 30.7 Å². The molecule has 3 rings (SSSR count). The third-order valence-electron chi connectivity index (χ3n) is 5.96. The molecule has 1 aliphatic carbocycles. The second kappa shape index (κ2) is 9.39. The molecule has 0 aromatic heterocycles. The number of urea groups is 1. The maximum atomic E-state index is 12.4. The molecule has 1 heterocycles. The lowest BCUT2D eigenvalue weighted by atomic mass is 9.85. The van der Waals surface area contributed by atoms with Crippen molar-refractivity contribution in [1.82, 2.24) is 20.4 Å². The Bertz CT molecular complexity index is 663. The Labute approximate surface area is 167 Å². The first-order valence-electron chi connectivity index (χ1n) is 10.2. The van der Waals surface area contributed by atoms with Crippen LogP contribution in [0.15, 0.2) is 30.3 Å². The summed E-state index contributed by atoms with van der Waals surface area (Å²) in [6.07, 6.45) is 1.63. The minimum Gasteiger partial charge on any atom is -0.480 e. The van der Waals surface area contributed by atoms with Gasteiger partial charge in [-0.15, -0.1) is 0 Å². The summed E-state index contributed by atoms with van der Waals surface area (Å²) in [5.41, 5.74) is 1.29. The van der Waals surface area contributed by atoms with Gasteiger partial charge in [0.15, 0.2) is 0 Å². The normalized spacial score (nSPS) is 27.4. The molecule has 2 amide bonds. The van der Waals surface area contributed by atoms with Crippen LogP contribution < -0.4 is 10.6 Å². The molecule has 1 aromatic rings. The summed E-state index contributed by atoms with van der Waals surface area (Å²) < 4.78 is 0. The fourth-order valence-corrected chi connectivity index (χ4v) is 4.30. The Balaban J connectivity index is 1.39. The lowest BCUT2D eigenvalue weighted by molar-refractivity contribution is -0.139. The summed E-state index contributed by atoms with van der Waals surface area (Å²) in [6.45, 7) is 7.68. The molecule has 0 radical (unpaired) electrons. The summed E-state index contributed by atoms with van der Waals surface area (Å²) in [7, 11) is 0. The van der Waals surface area contributed by atoms with Crippen LogP contribution in [0.3, 0.4) is 0 Å². The smallest absolute Gasteiger partial charge is 0.317 e. The molecule has 0 spiro atoms. The summed E-state index contributed by atoms with van der Waals surface area (Å²) in [5.74, 6) is -0.388. The summed E-state index contributed by atoms with van der Waals surface area (Å²) in [5, 5.41) is 15.2. The SMILES string of the molecule is CCN(CC(=O)O)C1CC(NC(=O)NC2CN(Cc3ccccc3)CC2C)C1. The van der Waals surface area contributed by atoms with Crippen molar-refractivity contribution in [1.29, 1.82) is 0 Å². The highest BCUT2D eigenvalue weighted by Crippen LogP contribution is 2.25. The van der Waals surface area contributed by atoms with Crippen LogP contribution in [0.4, 0.5) is 4.79 Å². The molecular weight excluding hydrogens is 356 g/mol. The molecule has 2 fully saturated rings. The summed E-state index contributed by atoms with van der Waals surface area (Å²) >= 11 is 0. The van der Waals surface area contributed by atoms with Crippen LogP contribution in [0, 0.1) is 5.92 Å². The number of hydrogen-bond acceptors (Lipinski definition) is 4. The quantitative estimate of drug-likeness (QED) is 0.632. The number of rotatable bonds is 8. The van der Waals surface area contributed by atoms with Crippen LogP contribution in [0.25, 0.3) is 0 Å². The zero-order chi connectivity index (χ0) is 20.1. The number of likely N-dealkylation sites (tertiary alicyclic amines) is 1. The van der Waals surface area contributed by atoms with Crippen LogP contribution in [-0.2, 0) is 11.3 Å². The van der Waals surface area contributed by atoms with Crippen LogP contribution in [0.2, 0.25) is 0 Å². The van der Waals surface area contributed by atoms with Crippen molar-refractivity contribution in [3.05, 3.63) is 35.9 Å². The number of carbonyl (C=O) groups excluding carboxylic acids is 1. The highest BCUT2D eigenvalue weighted by atomic mass is 16.4. The van der Waals surface area contributed by atoms with E-state index in [2.05, 4.69) is 46.7 Å². The lowest BCUT2D eigenvalue weighted by Crippen LogP contribution is -2.57. The van der Waals surface area contributed by atoms with E-state index in [1.165, 1.54) is 5.56 Å². The Kier molecular flexibility index (Phi) is 6.91. The van der Waals surface area contributed by atoms with Crippen LogP contribution in [0.1, 0.15) is 32.3 Å². The van der Waals surface area contributed by atoms with Gasteiger partial charge in [-0.3, -0.25) is 14.6 Å². The zero-order valence-electron chi connectivity index (χ0n) is 16.8. The van der Waals surface area contributed by atoms with E-state index < -0.39 is 5.97 Å². The van der Waals surface area contributed by atoms with Gasteiger partial charge in [0.25, 0.3) is 0 Å². The Morgan fingerprint density at radius 2 is 1.89 bits per heavy atom. The van der Waals surface area contributed by atoms with Gasteiger partial charge >= 0.3 is 12.0 Å². The maximum absolute atomic E-state index is 12.4. The molecule has 7 nitrogen and oxygen atoms in total. The molecule has 0 bridgehead atoms. The van der Waals surface area contributed by atoms with Gasteiger partial charge in [-0.05, 0) is 30.9 Å². The second-order valence-corrected chi connectivity index (χ2v) is 8.16. The molecule has 28 heavy (non-hydrogen) atoms. The average Bonchev–Trinajstić information content (AvgIpc) is 2.95. The molecule has 2 aliphatic rings. The minimum atomic E-state index is -0.800. The van der Waals surface area contributed by atoms with Crippen LogP contribution >= 0.6 is 0 Å². The fourth-order valence-electron chi connectivity index (χ4n) is 4.30. The van der Waals surface area contributed by atoms with Crippen molar-refractivity contribution in [2.24, 2.45) is 5.92 Å². The van der Waals surface area contributed by atoms with Gasteiger partial charge in [0, 0.05) is 37.8 Å². The van der Waals surface area contributed by atoms with Crippen molar-refractivity contribution in [2.75, 3.05) is 26.2 Å². The van der Waals surface area contributed by atoms with E-state index >= 15 is 0 Å². The first kappa shape index (κ1) is 20.6. The average molecular weight is 389 g/mol. The number of carbonyl (C=O) groups is 2. The van der Waals surface area contributed by atoms with E-state index in [1.807, 2.05) is 17.9 Å². The number of carboxylic acids is 1. The second-order valence-electron chi connectivity index (χ2n) is 8.16. The highest BCUT2D eigenvalue weighted by Gasteiger charge is 2.36. The number of nitrogens with one attached hydrogen (secondary N) is 2.